The van der Waals surface area contributed by atoms with E-state index in [4.69, 9.17) is 18.9 Å². The van der Waals surface area contributed by atoms with Crippen molar-refractivity contribution in [3.63, 3.8) is 0 Å². The van der Waals surface area contributed by atoms with E-state index in [2.05, 4.69) is 15.9 Å². The molecule has 0 atom stereocenters. The molecule has 0 N–H and O–H groups in total. The Morgan fingerprint density at radius 2 is 1.68 bits per heavy atom. The second-order valence-corrected chi connectivity index (χ2v) is 7.50. The number of ether oxygens (including phenoxy) is 4. The third kappa shape index (κ3) is 4.18. The number of hydrogen-bond donors (Lipinski definition) is 0. The first-order valence-corrected chi connectivity index (χ1v) is 10.1. The van der Waals surface area contributed by atoms with Crippen LogP contribution >= 0.6 is 15.9 Å². The Morgan fingerprint density at radius 1 is 0.968 bits per heavy atom. The van der Waals surface area contributed by atoms with Crippen LogP contribution in [0.4, 0.5) is 0 Å². The molecule has 1 aliphatic rings. The summed E-state index contributed by atoms with van der Waals surface area (Å²) >= 11 is 3.41. The van der Waals surface area contributed by atoms with E-state index in [0.29, 0.717) is 22.8 Å². The van der Waals surface area contributed by atoms with Crippen molar-refractivity contribution in [2.45, 2.75) is 0 Å². The minimum atomic E-state index is -0.650. The fourth-order valence-electron chi connectivity index (χ4n) is 3.19. The average molecular weight is 481 g/mol. The van der Waals surface area contributed by atoms with E-state index in [1.807, 2.05) is 24.3 Å². The molecule has 0 saturated carbocycles. The summed E-state index contributed by atoms with van der Waals surface area (Å²) < 4.78 is 22.6. The van der Waals surface area contributed by atoms with Crippen molar-refractivity contribution in [2.24, 2.45) is 0 Å². The minimum Gasteiger partial charge on any atom is -0.496 e. The van der Waals surface area contributed by atoms with Crippen molar-refractivity contribution in [1.29, 1.82) is 0 Å². The van der Waals surface area contributed by atoms with Crippen LogP contribution in [0.3, 0.4) is 0 Å². The lowest BCUT2D eigenvalue weighted by Gasteiger charge is -2.12. The zero-order valence-corrected chi connectivity index (χ0v) is 18.3. The minimum absolute atomic E-state index is 0.167. The zero-order chi connectivity index (χ0) is 22.0. The second-order valence-electron chi connectivity index (χ2n) is 6.58. The first-order chi connectivity index (χ1) is 15.0. The number of benzene rings is 3. The van der Waals surface area contributed by atoms with Gasteiger partial charge >= 0.3 is 5.97 Å². The molecule has 0 spiro atoms. The molecule has 4 rings (SSSR count). The van der Waals surface area contributed by atoms with Gasteiger partial charge in [0.25, 0.3) is 0 Å². The number of Topliss-reactive ketones (excluding diaryl/α,β-unsaturated/α-hetero) is 1. The van der Waals surface area contributed by atoms with E-state index in [0.717, 1.165) is 10.0 Å². The van der Waals surface area contributed by atoms with Gasteiger partial charge in [-0.3, -0.25) is 4.79 Å². The molecule has 3 aromatic carbocycles. The number of halogens is 1. The standard InChI is InChI=1S/C24H17BrO6/c1-28-18-7-4-8-19(29-2)22(18)24(27)30-16-9-10-17-20(13-16)31-21(23(17)26)12-14-5-3-6-15(25)11-14/h3-13H,1-2H3/b21-12-. The van der Waals surface area contributed by atoms with Crippen LogP contribution < -0.4 is 18.9 Å². The predicted octanol–water partition coefficient (Wildman–Crippen LogP) is 5.30. The summed E-state index contributed by atoms with van der Waals surface area (Å²) in [5.74, 6) is 0.523. The maximum absolute atomic E-state index is 12.8. The quantitative estimate of drug-likeness (QED) is 0.280. The Bertz CT molecular complexity index is 1190. The highest BCUT2D eigenvalue weighted by Crippen LogP contribution is 2.36. The molecular formula is C24H17BrO6. The van der Waals surface area contributed by atoms with Crippen molar-refractivity contribution in [1.82, 2.24) is 0 Å². The number of hydrogen-bond acceptors (Lipinski definition) is 6. The summed E-state index contributed by atoms with van der Waals surface area (Å²) in [7, 11) is 2.92. The van der Waals surface area contributed by atoms with Gasteiger partial charge < -0.3 is 18.9 Å². The molecule has 0 radical (unpaired) electrons. The fourth-order valence-corrected chi connectivity index (χ4v) is 3.61. The summed E-state index contributed by atoms with van der Waals surface area (Å²) in [5, 5.41) is 0. The van der Waals surface area contributed by atoms with Crippen LogP contribution in [-0.2, 0) is 0 Å². The Labute approximate surface area is 187 Å². The molecule has 6 nitrogen and oxygen atoms in total. The Kier molecular flexibility index (Phi) is 5.77. The first kappa shape index (κ1) is 20.7. The number of carbonyl (C=O) groups is 2. The van der Waals surface area contributed by atoms with Gasteiger partial charge in [-0.1, -0.05) is 34.1 Å². The van der Waals surface area contributed by atoms with Gasteiger partial charge in [-0.15, -0.1) is 0 Å². The number of esters is 1. The lowest BCUT2D eigenvalue weighted by atomic mass is 10.1. The molecule has 1 heterocycles. The van der Waals surface area contributed by atoms with Crippen LogP contribution in [0.15, 0.2) is 70.9 Å². The van der Waals surface area contributed by atoms with E-state index < -0.39 is 5.97 Å². The zero-order valence-electron chi connectivity index (χ0n) is 16.7. The lowest BCUT2D eigenvalue weighted by molar-refractivity contribution is 0.0727. The molecule has 1 aliphatic heterocycles. The summed E-state index contributed by atoms with van der Waals surface area (Å²) in [4.78, 5) is 25.4. The maximum atomic E-state index is 12.8. The van der Waals surface area contributed by atoms with Gasteiger partial charge in [0.15, 0.2) is 5.76 Å². The van der Waals surface area contributed by atoms with Crippen LogP contribution in [0.5, 0.6) is 23.0 Å². The predicted molar refractivity (Wildman–Crippen MR) is 118 cm³/mol. The summed E-state index contributed by atoms with van der Waals surface area (Å²) in [5.41, 5.74) is 1.39. The van der Waals surface area contributed by atoms with Crippen molar-refractivity contribution in [3.8, 4) is 23.0 Å². The SMILES string of the molecule is COc1cccc(OC)c1C(=O)Oc1ccc2c(c1)O/C(=C\c1cccc(Br)c1)C2=O. The monoisotopic (exact) mass is 480 g/mol. The summed E-state index contributed by atoms with van der Waals surface area (Å²) in [6.07, 6.45) is 1.67. The molecule has 0 amide bonds. The van der Waals surface area contributed by atoms with Gasteiger partial charge in [0.05, 0.1) is 19.8 Å². The number of ketones is 1. The fraction of sp³-hybridized carbons (Fsp3) is 0.0833. The van der Waals surface area contributed by atoms with Crippen molar-refractivity contribution in [3.05, 3.63) is 87.6 Å². The highest BCUT2D eigenvalue weighted by atomic mass is 79.9. The summed E-state index contributed by atoms with van der Waals surface area (Å²) in [6, 6.07) is 17.1. The van der Waals surface area contributed by atoms with Gasteiger partial charge in [0.1, 0.15) is 28.6 Å². The van der Waals surface area contributed by atoms with Gasteiger partial charge in [0.2, 0.25) is 5.78 Å². The number of rotatable bonds is 5. The maximum Gasteiger partial charge on any atom is 0.351 e. The smallest absolute Gasteiger partial charge is 0.351 e. The van der Waals surface area contributed by atoms with E-state index in [1.165, 1.54) is 20.3 Å². The third-order valence-corrected chi connectivity index (χ3v) is 5.12. The van der Waals surface area contributed by atoms with Crippen LogP contribution in [-0.4, -0.2) is 26.0 Å². The van der Waals surface area contributed by atoms with Crippen LogP contribution in [0.25, 0.3) is 6.08 Å². The van der Waals surface area contributed by atoms with Crippen molar-refractivity contribution in [2.75, 3.05) is 14.2 Å². The number of fused-ring (bicyclic) bond motifs is 1. The van der Waals surface area contributed by atoms with E-state index in [1.54, 1.807) is 36.4 Å². The normalized spacial score (nSPS) is 13.5. The lowest BCUT2D eigenvalue weighted by Crippen LogP contribution is -2.12. The number of carbonyl (C=O) groups excluding carboxylic acids is 2. The Morgan fingerprint density at radius 3 is 2.35 bits per heavy atom. The van der Waals surface area contributed by atoms with E-state index >= 15 is 0 Å². The summed E-state index contributed by atoms with van der Waals surface area (Å²) in [6.45, 7) is 0. The molecule has 0 fully saturated rings. The van der Waals surface area contributed by atoms with E-state index in [9.17, 15) is 9.59 Å². The molecular weight excluding hydrogens is 464 g/mol. The first-order valence-electron chi connectivity index (χ1n) is 9.27. The largest absolute Gasteiger partial charge is 0.496 e. The van der Waals surface area contributed by atoms with Crippen molar-refractivity contribution < 1.29 is 28.5 Å². The Balaban J connectivity index is 1.59. The van der Waals surface area contributed by atoms with E-state index in [-0.39, 0.29) is 22.9 Å². The number of methoxy groups -OCH3 is 2. The van der Waals surface area contributed by atoms with Gasteiger partial charge in [-0.25, -0.2) is 4.79 Å². The number of allylic oxidation sites excluding steroid dienone is 1. The molecule has 7 heteroatoms. The highest BCUT2D eigenvalue weighted by Gasteiger charge is 2.28. The molecule has 0 unspecified atom stereocenters. The molecule has 156 valence electrons. The van der Waals surface area contributed by atoms with Crippen LogP contribution in [0.2, 0.25) is 0 Å². The molecule has 3 aromatic rings. The van der Waals surface area contributed by atoms with Gasteiger partial charge in [-0.2, -0.15) is 0 Å². The van der Waals surface area contributed by atoms with Gasteiger partial charge in [0, 0.05) is 10.5 Å². The molecule has 0 bridgehead atoms. The molecule has 0 saturated heterocycles. The molecule has 31 heavy (non-hydrogen) atoms. The van der Waals surface area contributed by atoms with Crippen LogP contribution in [0.1, 0.15) is 26.3 Å². The second kappa shape index (κ2) is 8.65. The molecule has 0 aromatic heterocycles. The highest BCUT2D eigenvalue weighted by molar-refractivity contribution is 9.10. The van der Waals surface area contributed by atoms with Gasteiger partial charge in [-0.05, 0) is 48.0 Å². The third-order valence-electron chi connectivity index (χ3n) is 4.63. The molecule has 0 aliphatic carbocycles. The van der Waals surface area contributed by atoms with Crippen LogP contribution in [0, 0.1) is 0 Å². The Hall–Kier alpha value is -3.58. The topological polar surface area (TPSA) is 71.1 Å². The average Bonchev–Trinajstić information content (AvgIpc) is 3.07. The van der Waals surface area contributed by atoms with Crippen molar-refractivity contribution >= 4 is 33.8 Å².